The van der Waals surface area contributed by atoms with Gasteiger partial charge in [-0.05, 0) is 17.7 Å². The standard InChI is InChI=1S/C15H14O4/c1-11(16)19-15(14(17)18)9-7-13(8-10-15)12-5-3-2-4-6-12/h2-10,13H,1H3,(H,17,18). The number of benzene rings is 1. The van der Waals surface area contributed by atoms with Crippen LogP contribution in [0.1, 0.15) is 18.4 Å². The van der Waals surface area contributed by atoms with Crippen molar-refractivity contribution in [3.05, 3.63) is 60.2 Å². The van der Waals surface area contributed by atoms with E-state index in [2.05, 4.69) is 0 Å². The van der Waals surface area contributed by atoms with Gasteiger partial charge in [-0.15, -0.1) is 0 Å². The van der Waals surface area contributed by atoms with Gasteiger partial charge < -0.3 is 9.84 Å². The van der Waals surface area contributed by atoms with Crippen LogP contribution in [-0.2, 0) is 14.3 Å². The summed E-state index contributed by atoms with van der Waals surface area (Å²) in [6, 6.07) is 9.67. The van der Waals surface area contributed by atoms with Crippen molar-refractivity contribution in [2.75, 3.05) is 0 Å². The van der Waals surface area contributed by atoms with E-state index < -0.39 is 17.5 Å². The number of esters is 1. The van der Waals surface area contributed by atoms with Crippen LogP contribution in [0.5, 0.6) is 0 Å². The minimum absolute atomic E-state index is 0.00997. The Balaban J connectivity index is 2.25. The maximum atomic E-state index is 11.3. The largest absolute Gasteiger partial charge is 0.478 e. The van der Waals surface area contributed by atoms with Crippen molar-refractivity contribution < 1.29 is 19.4 Å². The zero-order valence-corrected chi connectivity index (χ0v) is 10.4. The molecule has 2 rings (SSSR count). The average molecular weight is 258 g/mol. The molecule has 0 bridgehead atoms. The molecule has 4 nitrogen and oxygen atoms in total. The number of carbonyl (C=O) groups excluding carboxylic acids is 1. The molecule has 1 aliphatic carbocycles. The molecule has 0 amide bonds. The Kier molecular flexibility index (Phi) is 3.51. The molecule has 0 unspecified atom stereocenters. The lowest BCUT2D eigenvalue weighted by atomic mass is 9.88. The summed E-state index contributed by atoms with van der Waals surface area (Å²) in [6.45, 7) is 1.19. The number of rotatable bonds is 3. The second-order valence-corrected chi connectivity index (χ2v) is 4.35. The number of carboxylic acids is 1. The fourth-order valence-corrected chi connectivity index (χ4v) is 2.00. The number of aliphatic carboxylic acids is 1. The SMILES string of the molecule is CC(=O)OC1(C(=O)O)C=CC(c2ccccc2)C=C1. The van der Waals surface area contributed by atoms with Gasteiger partial charge in [-0.3, -0.25) is 4.79 Å². The summed E-state index contributed by atoms with van der Waals surface area (Å²) in [4.78, 5) is 22.3. The Morgan fingerprint density at radius 1 is 1.16 bits per heavy atom. The zero-order chi connectivity index (χ0) is 13.9. The molecule has 0 saturated heterocycles. The van der Waals surface area contributed by atoms with Crippen molar-refractivity contribution >= 4 is 11.9 Å². The molecule has 1 aliphatic rings. The zero-order valence-electron chi connectivity index (χ0n) is 10.4. The van der Waals surface area contributed by atoms with Gasteiger partial charge in [-0.1, -0.05) is 42.5 Å². The lowest BCUT2D eigenvalue weighted by Gasteiger charge is -2.26. The van der Waals surface area contributed by atoms with Gasteiger partial charge in [0.2, 0.25) is 5.60 Å². The smallest absolute Gasteiger partial charge is 0.356 e. The third kappa shape index (κ3) is 2.73. The van der Waals surface area contributed by atoms with Crippen LogP contribution in [0, 0.1) is 0 Å². The molecule has 0 saturated carbocycles. The van der Waals surface area contributed by atoms with E-state index in [1.165, 1.54) is 19.1 Å². The number of hydrogen-bond donors (Lipinski definition) is 1. The van der Waals surface area contributed by atoms with Gasteiger partial charge in [-0.25, -0.2) is 4.79 Å². The first-order valence-corrected chi connectivity index (χ1v) is 5.90. The van der Waals surface area contributed by atoms with Crippen molar-refractivity contribution in [1.29, 1.82) is 0 Å². The summed E-state index contributed by atoms with van der Waals surface area (Å²) in [5.41, 5.74) is -0.631. The van der Waals surface area contributed by atoms with E-state index in [-0.39, 0.29) is 5.92 Å². The second kappa shape index (κ2) is 5.10. The predicted octanol–water partition coefficient (Wildman–Crippen LogP) is 2.28. The van der Waals surface area contributed by atoms with E-state index in [0.717, 1.165) is 5.56 Å². The molecule has 0 aromatic heterocycles. The first-order valence-electron chi connectivity index (χ1n) is 5.90. The third-order valence-electron chi connectivity index (χ3n) is 2.93. The molecule has 1 aromatic carbocycles. The van der Waals surface area contributed by atoms with Gasteiger partial charge in [0.15, 0.2) is 0 Å². The van der Waals surface area contributed by atoms with Crippen LogP contribution in [0.2, 0.25) is 0 Å². The molecule has 0 atom stereocenters. The van der Waals surface area contributed by atoms with Crippen LogP contribution in [0.4, 0.5) is 0 Å². The lowest BCUT2D eigenvalue weighted by Crippen LogP contribution is -2.40. The fourth-order valence-electron chi connectivity index (χ4n) is 2.00. The molecule has 0 spiro atoms. The Hall–Kier alpha value is -2.36. The van der Waals surface area contributed by atoms with Gasteiger partial charge >= 0.3 is 11.9 Å². The molecule has 0 fully saturated rings. The molecular formula is C15H14O4. The quantitative estimate of drug-likeness (QED) is 0.667. The lowest BCUT2D eigenvalue weighted by molar-refractivity contribution is -0.166. The summed E-state index contributed by atoms with van der Waals surface area (Å²) in [6.07, 6.45) is 6.28. The van der Waals surface area contributed by atoms with Gasteiger partial charge in [0.05, 0.1) is 0 Å². The normalized spacial score (nSPS) is 25.0. The number of allylic oxidation sites excluding steroid dienone is 2. The van der Waals surface area contributed by atoms with Crippen molar-refractivity contribution in [2.45, 2.75) is 18.4 Å². The van der Waals surface area contributed by atoms with Gasteiger partial charge in [-0.2, -0.15) is 0 Å². The second-order valence-electron chi connectivity index (χ2n) is 4.35. The number of carbonyl (C=O) groups is 2. The molecule has 98 valence electrons. The van der Waals surface area contributed by atoms with E-state index in [9.17, 15) is 14.7 Å². The molecule has 0 aliphatic heterocycles. The highest BCUT2D eigenvalue weighted by molar-refractivity contribution is 5.86. The number of carboxylic acid groups (broad SMARTS) is 1. The third-order valence-corrected chi connectivity index (χ3v) is 2.93. The average Bonchev–Trinajstić information content (AvgIpc) is 2.39. The van der Waals surface area contributed by atoms with E-state index in [1.54, 1.807) is 12.2 Å². The molecule has 19 heavy (non-hydrogen) atoms. The van der Waals surface area contributed by atoms with Crippen LogP contribution in [0.3, 0.4) is 0 Å². The minimum atomic E-state index is -1.68. The fraction of sp³-hybridized carbons (Fsp3) is 0.200. The Morgan fingerprint density at radius 3 is 2.21 bits per heavy atom. The van der Waals surface area contributed by atoms with Crippen molar-refractivity contribution in [1.82, 2.24) is 0 Å². The highest BCUT2D eigenvalue weighted by Gasteiger charge is 2.38. The Bertz CT molecular complexity index is 529. The van der Waals surface area contributed by atoms with Crippen molar-refractivity contribution in [3.63, 3.8) is 0 Å². The van der Waals surface area contributed by atoms with E-state index in [4.69, 9.17) is 4.74 Å². The first kappa shape index (κ1) is 13.1. The van der Waals surface area contributed by atoms with E-state index in [1.807, 2.05) is 30.3 Å². The predicted molar refractivity (Wildman–Crippen MR) is 69.6 cm³/mol. The Labute approximate surface area is 111 Å². The summed E-state index contributed by atoms with van der Waals surface area (Å²) in [5.74, 6) is -1.85. The van der Waals surface area contributed by atoms with Crippen LogP contribution in [0.15, 0.2) is 54.6 Å². The maximum absolute atomic E-state index is 11.3. The molecule has 1 aromatic rings. The summed E-state index contributed by atoms with van der Waals surface area (Å²) < 4.78 is 4.91. The molecule has 4 heteroatoms. The topological polar surface area (TPSA) is 63.6 Å². The van der Waals surface area contributed by atoms with Crippen LogP contribution < -0.4 is 0 Å². The van der Waals surface area contributed by atoms with E-state index in [0.29, 0.717) is 0 Å². The maximum Gasteiger partial charge on any atom is 0.356 e. The highest BCUT2D eigenvalue weighted by atomic mass is 16.6. The van der Waals surface area contributed by atoms with Gasteiger partial charge in [0, 0.05) is 12.8 Å². The minimum Gasteiger partial charge on any atom is -0.478 e. The molecular weight excluding hydrogens is 244 g/mol. The van der Waals surface area contributed by atoms with E-state index >= 15 is 0 Å². The number of hydrogen-bond acceptors (Lipinski definition) is 3. The van der Waals surface area contributed by atoms with Crippen LogP contribution >= 0.6 is 0 Å². The summed E-state index contributed by atoms with van der Waals surface area (Å²) in [7, 11) is 0. The Morgan fingerprint density at radius 2 is 1.74 bits per heavy atom. The van der Waals surface area contributed by atoms with Crippen molar-refractivity contribution in [3.8, 4) is 0 Å². The monoisotopic (exact) mass is 258 g/mol. The summed E-state index contributed by atoms with van der Waals surface area (Å²) >= 11 is 0. The van der Waals surface area contributed by atoms with Crippen molar-refractivity contribution in [2.24, 2.45) is 0 Å². The molecule has 0 heterocycles. The molecule has 0 radical (unpaired) electrons. The van der Waals surface area contributed by atoms with Gasteiger partial charge in [0.25, 0.3) is 0 Å². The molecule has 1 N–H and O–H groups in total. The first-order chi connectivity index (χ1) is 9.03. The van der Waals surface area contributed by atoms with Crippen LogP contribution in [0.25, 0.3) is 0 Å². The van der Waals surface area contributed by atoms with Gasteiger partial charge in [0.1, 0.15) is 0 Å². The number of ether oxygens (including phenoxy) is 1. The highest BCUT2D eigenvalue weighted by Crippen LogP contribution is 2.29. The van der Waals surface area contributed by atoms with Crippen LogP contribution in [-0.4, -0.2) is 22.6 Å². The summed E-state index contributed by atoms with van der Waals surface area (Å²) in [5, 5.41) is 9.21.